The third-order valence-corrected chi connectivity index (χ3v) is 4.29. The van der Waals surface area contributed by atoms with Gasteiger partial charge in [-0.3, -0.25) is 4.79 Å². The maximum atomic E-state index is 14.3. The summed E-state index contributed by atoms with van der Waals surface area (Å²) >= 11 is 0. The van der Waals surface area contributed by atoms with Crippen LogP contribution in [0.25, 0.3) is 0 Å². The number of nitrogens with one attached hydrogen (secondary N) is 3. The van der Waals surface area contributed by atoms with E-state index in [9.17, 15) is 9.18 Å². The molecule has 0 unspecified atom stereocenters. The Labute approximate surface area is 177 Å². The Bertz CT molecular complexity index is 1100. The van der Waals surface area contributed by atoms with Gasteiger partial charge < -0.3 is 30.2 Å². The first-order chi connectivity index (χ1) is 15.1. The quantitative estimate of drug-likeness (QED) is 0.531. The summed E-state index contributed by atoms with van der Waals surface area (Å²) in [6.07, 6.45) is 1.07. The van der Waals surface area contributed by atoms with Crippen molar-refractivity contribution in [2.45, 2.75) is 0 Å². The minimum Gasteiger partial charge on any atom is -0.486 e. The van der Waals surface area contributed by atoms with Crippen molar-refractivity contribution < 1.29 is 23.4 Å². The summed E-state index contributed by atoms with van der Waals surface area (Å²) in [5.74, 6) is 1.05. The zero-order valence-electron chi connectivity index (χ0n) is 16.6. The molecule has 0 bridgehead atoms. The Morgan fingerprint density at radius 3 is 2.74 bits per heavy atom. The predicted molar refractivity (Wildman–Crippen MR) is 112 cm³/mol. The van der Waals surface area contributed by atoms with Gasteiger partial charge in [0.05, 0.1) is 6.20 Å². The van der Waals surface area contributed by atoms with Gasteiger partial charge in [0.2, 0.25) is 5.95 Å². The molecule has 160 valence electrons. The molecule has 1 aromatic heterocycles. The van der Waals surface area contributed by atoms with E-state index in [1.165, 1.54) is 7.05 Å². The topological polar surface area (TPSA) is 107 Å². The van der Waals surface area contributed by atoms with Gasteiger partial charge in [0.1, 0.15) is 19.0 Å². The third kappa shape index (κ3) is 5.10. The maximum Gasteiger partial charge on any atom is 0.257 e. The number of nitrogens with zero attached hydrogens (tertiary/aromatic N) is 2. The lowest BCUT2D eigenvalue weighted by atomic mass is 10.2. The summed E-state index contributed by atoms with van der Waals surface area (Å²) in [6.45, 7) is 0.849. The highest BCUT2D eigenvalue weighted by Crippen LogP contribution is 2.33. The zero-order valence-corrected chi connectivity index (χ0v) is 16.6. The van der Waals surface area contributed by atoms with Crippen LogP contribution in [0.4, 0.5) is 27.5 Å². The molecule has 0 spiro atoms. The van der Waals surface area contributed by atoms with Crippen molar-refractivity contribution >= 4 is 29.0 Å². The molecule has 10 heteroatoms. The van der Waals surface area contributed by atoms with Crippen LogP contribution in [-0.4, -0.2) is 42.7 Å². The molecule has 0 atom stereocenters. The summed E-state index contributed by atoms with van der Waals surface area (Å²) < 4.78 is 30.7. The molecule has 0 radical (unpaired) electrons. The standard InChI is InChI=1S/C21H20FN5O4/c1-23-19(28)12-31-15-4-2-3-13(9-15)26-21-24-11-16(22)20(27-21)25-14-5-6-17-18(10-14)30-8-7-29-17/h2-6,9-11H,7-8,12H2,1H3,(H,23,28)(H2,24,25,26,27). The Hall–Kier alpha value is -4.08. The van der Waals surface area contributed by atoms with E-state index in [-0.39, 0.29) is 24.3 Å². The van der Waals surface area contributed by atoms with E-state index < -0.39 is 5.82 Å². The van der Waals surface area contributed by atoms with Crippen LogP contribution in [-0.2, 0) is 4.79 Å². The van der Waals surface area contributed by atoms with Gasteiger partial charge in [-0.25, -0.2) is 9.37 Å². The number of carbonyl (C=O) groups is 1. The minimum absolute atomic E-state index is 0.00111. The van der Waals surface area contributed by atoms with Gasteiger partial charge >= 0.3 is 0 Å². The van der Waals surface area contributed by atoms with Gasteiger partial charge in [-0.1, -0.05) is 6.07 Å². The van der Waals surface area contributed by atoms with E-state index in [4.69, 9.17) is 14.2 Å². The number of hydrogen-bond acceptors (Lipinski definition) is 8. The number of likely N-dealkylation sites (N-methyl/N-ethyl adjacent to an activating group) is 1. The van der Waals surface area contributed by atoms with Crippen LogP contribution in [0.1, 0.15) is 0 Å². The second-order valence-electron chi connectivity index (χ2n) is 6.49. The van der Waals surface area contributed by atoms with Crippen molar-refractivity contribution in [3.8, 4) is 17.2 Å². The van der Waals surface area contributed by atoms with E-state index in [1.807, 2.05) is 0 Å². The smallest absolute Gasteiger partial charge is 0.257 e. The molecule has 2 aromatic carbocycles. The highest BCUT2D eigenvalue weighted by atomic mass is 19.1. The molecule has 2 heterocycles. The van der Waals surface area contributed by atoms with Crippen molar-refractivity contribution in [1.82, 2.24) is 15.3 Å². The van der Waals surface area contributed by atoms with E-state index in [2.05, 4.69) is 25.9 Å². The van der Waals surface area contributed by atoms with Gasteiger partial charge in [0.15, 0.2) is 29.7 Å². The first-order valence-electron chi connectivity index (χ1n) is 9.50. The van der Waals surface area contributed by atoms with Crippen molar-refractivity contribution in [3.05, 3.63) is 54.5 Å². The van der Waals surface area contributed by atoms with Crippen LogP contribution in [0.5, 0.6) is 17.2 Å². The van der Waals surface area contributed by atoms with Crippen molar-refractivity contribution in [2.75, 3.05) is 37.5 Å². The Balaban J connectivity index is 1.47. The fraction of sp³-hybridized carbons (Fsp3) is 0.190. The normalized spacial score (nSPS) is 12.1. The molecule has 0 fully saturated rings. The summed E-state index contributed by atoms with van der Waals surface area (Å²) in [4.78, 5) is 19.5. The number of amides is 1. The lowest BCUT2D eigenvalue weighted by Gasteiger charge is -2.19. The monoisotopic (exact) mass is 425 g/mol. The molecular weight excluding hydrogens is 405 g/mol. The van der Waals surface area contributed by atoms with Gasteiger partial charge in [-0.2, -0.15) is 4.98 Å². The fourth-order valence-electron chi connectivity index (χ4n) is 2.79. The number of carbonyl (C=O) groups excluding carboxylic acids is 1. The molecule has 31 heavy (non-hydrogen) atoms. The Morgan fingerprint density at radius 1 is 1.10 bits per heavy atom. The van der Waals surface area contributed by atoms with Crippen LogP contribution in [0.2, 0.25) is 0 Å². The van der Waals surface area contributed by atoms with Crippen LogP contribution in [0.15, 0.2) is 48.7 Å². The Morgan fingerprint density at radius 2 is 1.90 bits per heavy atom. The molecule has 0 saturated carbocycles. The second-order valence-corrected chi connectivity index (χ2v) is 6.49. The molecule has 0 saturated heterocycles. The molecule has 1 aliphatic heterocycles. The number of ether oxygens (including phenoxy) is 3. The Kier molecular flexibility index (Phi) is 5.97. The summed E-state index contributed by atoms with van der Waals surface area (Å²) in [6, 6.07) is 12.1. The van der Waals surface area contributed by atoms with Gasteiger partial charge in [-0.15, -0.1) is 0 Å². The lowest BCUT2D eigenvalue weighted by Crippen LogP contribution is -2.24. The molecule has 4 rings (SSSR count). The number of halogens is 1. The second kappa shape index (κ2) is 9.16. The number of rotatable bonds is 7. The molecule has 1 amide bonds. The first kappa shape index (κ1) is 20.2. The molecular formula is C21H20FN5O4. The third-order valence-electron chi connectivity index (χ3n) is 4.29. The average Bonchev–Trinajstić information content (AvgIpc) is 2.80. The number of anilines is 4. The highest BCUT2D eigenvalue weighted by Gasteiger charge is 2.14. The summed E-state index contributed by atoms with van der Waals surface area (Å²) in [5.41, 5.74) is 1.21. The van der Waals surface area contributed by atoms with E-state index >= 15 is 0 Å². The highest BCUT2D eigenvalue weighted by molar-refractivity contribution is 5.77. The van der Waals surface area contributed by atoms with Gasteiger partial charge in [0, 0.05) is 30.6 Å². The van der Waals surface area contributed by atoms with E-state index in [1.54, 1.807) is 42.5 Å². The van der Waals surface area contributed by atoms with Crippen LogP contribution < -0.4 is 30.2 Å². The SMILES string of the molecule is CNC(=O)COc1cccc(Nc2ncc(F)c(Nc3ccc4c(c3)OCCO4)n2)c1. The minimum atomic E-state index is -0.608. The van der Waals surface area contributed by atoms with Crippen molar-refractivity contribution in [1.29, 1.82) is 0 Å². The summed E-state index contributed by atoms with van der Waals surface area (Å²) in [5, 5.41) is 8.40. The molecule has 3 N–H and O–H groups in total. The number of benzene rings is 2. The molecule has 3 aromatic rings. The molecule has 1 aliphatic rings. The van der Waals surface area contributed by atoms with Crippen LogP contribution in [0.3, 0.4) is 0 Å². The van der Waals surface area contributed by atoms with E-state index in [0.717, 1.165) is 6.20 Å². The van der Waals surface area contributed by atoms with Crippen molar-refractivity contribution in [3.63, 3.8) is 0 Å². The lowest BCUT2D eigenvalue weighted by molar-refractivity contribution is -0.122. The van der Waals surface area contributed by atoms with Crippen LogP contribution in [0, 0.1) is 5.82 Å². The van der Waals surface area contributed by atoms with Crippen molar-refractivity contribution in [2.24, 2.45) is 0 Å². The molecule has 0 aliphatic carbocycles. The van der Waals surface area contributed by atoms with Gasteiger partial charge in [-0.05, 0) is 24.3 Å². The van der Waals surface area contributed by atoms with E-state index in [0.29, 0.717) is 41.8 Å². The average molecular weight is 425 g/mol. The summed E-state index contributed by atoms with van der Waals surface area (Å²) in [7, 11) is 1.53. The van der Waals surface area contributed by atoms with Gasteiger partial charge in [0.25, 0.3) is 5.91 Å². The molecule has 9 nitrogen and oxygen atoms in total. The zero-order chi connectivity index (χ0) is 21.6. The fourth-order valence-corrected chi connectivity index (χ4v) is 2.79. The van der Waals surface area contributed by atoms with Crippen LogP contribution >= 0.6 is 0 Å². The number of hydrogen-bond donors (Lipinski definition) is 3. The predicted octanol–water partition coefficient (Wildman–Crippen LogP) is 3.00. The first-order valence-corrected chi connectivity index (χ1v) is 9.50. The largest absolute Gasteiger partial charge is 0.486 e. The number of aromatic nitrogens is 2. The number of fused-ring (bicyclic) bond motifs is 1. The maximum absolute atomic E-state index is 14.3.